The molecule has 24 heavy (non-hydrogen) atoms. The Balaban J connectivity index is 0. The van der Waals surface area contributed by atoms with Crippen LogP contribution in [0.25, 0.3) is 0 Å². The van der Waals surface area contributed by atoms with Gasteiger partial charge in [0, 0.05) is 18.5 Å². The van der Waals surface area contributed by atoms with Crippen molar-refractivity contribution in [3.8, 4) is 0 Å². The zero-order chi connectivity index (χ0) is 19.1. The Morgan fingerprint density at radius 2 is 1.58 bits per heavy atom. The number of carbonyl (C=O) groups is 4. The van der Waals surface area contributed by atoms with E-state index < -0.39 is 17.9 Å². The van der Waals surface area contributed by atoms with Gasteiger partial charge in [0.2, 0.25) is 5.91 Å². The molecule has 0 spiro atoms. The van der Waals surface area contributed by atoms with Gasteiger partial charge in [0.1, 0.15) is 0 Å². The number of rotatable bonds is 6. The Bertz CT molecular complexity index is 395. The number of cyclic esters (lactones) is 2. The van der Waals surface area contributed by atoms with Crippen molar-refractivity contribution in [3.63, 3.8) is 0 Å². The summed E-state index contributed by atoms with van der Waals surface area (Å²) in [5, 5.41) is 11.0. The Kier molecular flexibility index (Phi) is 14.8. The first-order chi connectivity index (χ1) is 11.1. The Labute approximate surface area is 143 Å². The molecule has 0 aromatic rings. The van der Waals surface area contributed by atoms with Crippen LogP contribution >= 0.6 is 0 Å². The van der Waals surface area contributed by atoms with E-state index in [9.17, 15) is 19.2 Å². The van der Waals surface area contributed by atoms with Crippen LogP contribution in [0.4, 0.5) is 0 Å². The molecule has 0 aromatic carbocycles. The van der Waals surface area contributed by atoms with E-state index in [0.29, 0.717) is 6.04 Å². The van der Waals surface area contributed by atoms with Crippen LogP contribution in [0.3, 0.4) is 0 Å². The third-order valence-electron chi connectivity index (χ3n) is 2.99. The second-order valence-corrected chi connectivity index (χ2v) is 5.50. The van der Waals surface area contributed by atoms with Gasteiger partial charge in [-0.1, -0.05) is 13.8 Å². The van der Waals surface area contributed by atoms with E-state index in [-0.39, 0.29) is 37.6 Å². The maximum absolute atomic E-state index is 10.9. The van der Waals surface area contributed by atoms with Crippen LogP contribution in [0.1, 0.15) is 66.2 Å². The second kappa shape index (κ2) is 14.6. The maximum Gasteiger partial charge on any atom is 0.314 e. The minimum Gasteiger partial charge on any atom is -0.481 e. The van der Waals surface area contributed by atoms with Crippen molar-refractivity contribution in [2.24, 2.45) is 5.73 Å². The molecular formula is C16H30N2O6. The fraction of sp³-hybridized carbons (Fsp3) is 0.750. The molecule has 0 saturated carbocycles. The van der Waals surface area contributed by atoms with Crippen LogP contribution in [-0.4, -0.2) is 41.0 Å². The van der Waals surface area contributed by atoms with Crippen LogP contribution < -0.4 is 11.1 Å². The first-order valence-electron chi connectivity index (χ1n) is 8.12. The SMILES string of the molecule is CCC(C)N.CCC(C)NC(=O)CCC(=O)O.O=C1CCC(=O)O1. The molecule has 0 bridgehead atoms. The van der Waals surface area contributed by atoms with Crippen molar-refractivity contribution in [1.29, 1.82) is 0 Å². The highest BCUT2D eigenvalue weighted by molar-refractivity contribution is 5.92. The molecule has 2 atom stereocenters. The first-order valence-corrected chi connectivity index (χ1v) is 8.12. The number of ether oxygens (including phenoxy) is 1. The van der Waals surface area contributed by atoms with Crippen LogP contribution in [-0.2, 0) is 23.9 Å². The lowest BCUT2D eigenvalue weighted by Gasteiger charge is -2.09. The minimum atomic E-state index is -0.936. The normalized spacial score (nSPS) is 15.0. The molecule has 1 saturated heterocycles. The molecule has 0 radical (unpaired) electrons. The molecule has 2 unspecified atom stereocenters. The van der Waals surface area contributed by atoms with Gasteiger partial charge < -0.3 is 20.9 Å². The van der Waals surface area contributed by atoms with Crippen LogP contribution in [0, 0.1) is 0 Å². The average molecular weight is 346 g/mol. The molecule has 1 rings (SSSR count). The summed E-state index contributed by atoms with van der Waals surface area (Å²) in [6, 6.07) is 0.515. The summed E-state index contributed by atoms with van der Waals surface area (Å²) in [6.07, 6.45) is 2.44. The Morgan fingerprint density at radius 3 is 1.83 bits per heavy atom. The summed E-state index contributed by atoms with van der Waals surface area (Å²) in [4.78, 5) is 41.0. The first kappa shape index (κ1) is 24.3. The lowest BCUT2D eigenvalue weighted by molar-refractivity contribution is -0.152. The van der Waals surface area contributed by atoms with Gasteiger partial charge >= 0.3 is 17.9 Å². The lowest BCUT2D eigenvalue weighted by Crippen LogP contribution is -2.32. The van der Waals surface area contributed by atoms with Crippen molar-refractivity contribution in [2.45, 2.75) is 78.3 Å². The maximum atomic E-state index is 10.9. The molecule has 8 heteroatoms. The van der Waals surface area contributed by atoms with Crippen molar-refractivity contribution >= 4 is 23.8 Å². The van der Waals surface area contributed by atoms with Crippen LogP contribution in [0.5, 0.6) is 0 Å². The summed E-state index contributed by atoms with van der Waals surface area (Å²) in [5.74, 6) is -1.92. The Morgan fingerprint density at radius 1 is 1.12 bits per heavy atom. The number of carboxylic acid groups (broad SMARTS) is 1. The quantitative estimate of drug-likeness (QED) is 0.488. The van der Waals surface area contributed by atoms with E-state index >= 15 is 0 Å². The van der Waals surface area contributed by atoms with Crippen LogP contribution in [0.2, 0.25) is 0 Å². The average Bonchev–Trinajstić information content (AvgIpc) is 2.89. The summed E-state index contributed by atoms with van der Waals surface area (Å²) in [6.45, 7) is 7.92. The largest absolute Gasteiger partial charge is 0.481 e. The van der Waals surface area contributed by atoms with Crippen molar-refractivity contribution in [2.75, 3.05) is 0 Å². The van der Waals surface area contributed by atoms with Crippen molar-refractivity contribution in [1.82, 2.24) is 5.32 Å². The highest BCUT2D eigenvalue weighted by Gasteiger charge is 2.19. The predicted molar refractivity (Wildman–Crippen MR) is 89.0 cm³/mol. The van der Waals surface area contributed by atoms with Crippen LogP contribution in [0.15, 0.2) is 0 Å². The smallest absolute Gasteiger partial charge is 0.314 e. The van der Waals surface area contributed by atoms with Gasteiger partial charge in [0.25, 0.3) is 0 Å². The summed E-state index contributed by atoms with van der Waals surface area (Å²) < 4.78 is 4.08. The minimum absolute atomic E-state index is 0.0691. The second-order valence-electron chi connectivity index (χ2n) is 5.50. The van der Waals surface area contributed by atoms with Gasteiger partial charge in [-0.2, -0.15) is 0 Å². The van der Waals surface area contributed by atoms with Gasteiger partial charge in [-0.05, 0) is 26.7 Å². The number of hydrogen-bond acceptors (Lipinski definition) is 6. The van der Waals surface area contributed by atoms with E-state index in [0.717, 1.165) is 12.8 Å². The van der Waals surface area contributed by atoms with Crippen molar-refractivity contribution in [3.05, 3.63) is 0 Å². The molecule has 8 nitrogen and oxygen atoms in total. The zero-order valence-corrected chi connectivity index (χ0v) is 15.0. The number of nitrogens with two attached hydrogens (primary N) is 1. The molecule has 1 aliphatic rings. The fourth-order valence-electron chi connectivity index (χ4n) is 1.10. The standard InChI is InChI=1S/C8H15NO3.C4H11N.C4H4O3/c1-3-6(2)9-7(10)4-5-8(11)12;1-3-4(2)5;5-3-1-2-4(6)7-3/h6H,3-5H2,1-2H3,(H,9,10)(H,11,12);4H,3,5H2,1-2H3;1-2H2. The number of esters is 2. The van der Waals surface area contributed by atoms with Gasteiger partial charge in [-0.3, -0.25) is 19.2 Å². The molecule has 4 N–H and O–H groups in total. The zero-order valence-electron chi connectivity index (χ0n) is 15.0. The van der Waals surface area contributed by atoms with E-state index in [1.54, 1.807) is 0 Å². The van der Waals surface area contributed by atoms with E-state index in [4.69, 9.17) is 10.8 Å². The molecule has 0 aromatic heterocycles. The van der Waals surface area contributed by atoms with Gasteiger partial charge in [-0.25, -0.2) is 0 Å². The summed E-state index contributed by atoms with van der Waals surface area (Å²) in [7, 11) is 0. The van der Waals surface area contributed by atoms with E-state index in [1.807, 2.05) is 20.8 Å². The topological polar surface area (TPSA) is 136 Å². The fourth-order valence-corrected chi connectivity index (χ4v) is 1.10. The molecular weight excluding hydrogens is 316 g/mol. The highest BCUT2D eigenvalue weighted by atomic mass is 16.6. The molecule has 1 fully saturated rings. The predicted octanol–water partition coefficient (Wildman–Crippen LogP) is 1.36. The molecule has 140 valence electrons. The van der Waals surface area contributed by atoms with Crippen molar-refractivity contribution < 1.29 is 29.0 Å². The number of carboxylic acids is 1. The van der Waals surface area contributed by atoms with Gasteiger partial charge in [-0.15, -0.1) is 0 Å². The van der Waals surface area contributed by atoms with E-state index in [2.05, 4.69) is 17.0 Å². The monoisotopic (exact) mass is 346 g/mol. The molecule has 0 aliphatic carbocycles. The number of hydrogen-bond donors (Lipinski definition) is 3. The number of nitrogens with one attached hydrogen (secondary N) is 1. The lowest BCUT2D eigenvalue weighted by atomic mass is 10.2. The van der Waals surface area contributed by atoms with E-state index in [1.165, 1.54) is 0 Å². The summed E-state index contributed by atoms with van der Waals surface area (Å²) in [5.41, 5.74) is 5.29. The molecule has 1 aliphatic heterocycles. The number of amides is 1. The van der Waals surface area contributed by atoms with Gasteiger partial charge in [0.05, 0.1) is 19.3 Å². The summed E-state index contributed by atoms with van der Waals surface area (Å²) >= 11 is 0. The van der Waals surface area contributed by atoms with Gasteiger partial charge in [0.15, 0.2) is 0 Å². The third-order valence-corrected chi connectivity index (χ3v) is 2.99. The molecule has 1 amide bonds. The number of aliphatic carboxylic acids is 1. The number of carbonyl (C=O) groups excluding carboxylic acids is 3. The molecule has 1 heterocycles. The third kappa shape index (κ3) is 18.1. The Hall–Kier alpha value is -1.96. The highest BCUT2D eigenvalue weighted by Crippen LogP contribution is 2.03.